The molecule has 0 aromatic heterocycles. The van der Waals surface area contributed by atoms with Gasteiger partial charge >= 0.3 is 0 Å². The number of rotatable bonds is 3. The van der Waals surface area contributed by atoms with Crippen molar-refractivity contribution in [2.75, 3.05) is 6.26 Å². The average Bonchev–Trinajstić information content (AvgIpc) is 2.41. The Morgan fingerprint density at radius 3 is 2.33 bits per heavy atom. The molecule has 0 aliphatic heterocycles. The van der Waals surface area contributed by atoms with Crippen molar-refractivity contribution in [1.82, 2.24) is 0 Å². The lowest BCUT2D eigenvalue weighted by Gasteiger charge is -2.15. The first-order valence-electron chi connectivity index (χ1n) is 6.41. The second-order valence-corrected chi connectivity index (χ2v) is 8.02. The van der Waals surface area contributed by atoms with Crippen molar-refractivity contribution in [3.8, 4) is 0 Å². The van der Waals surface area contributed by atoms with Crippen LogP contribution in [0.4, 0.5) is 0 Å². The Morgan fingerprint density at radius 2 is 1.71 bits per heavy atom. The molecular weight excluding hydrogens is 327 g/mol. The summed E-state index contributed by atoms with van der Waals surface area (Å²) in [5, 5.41) is 0.285. The van der Waals surface area contributed by atoms with E-state index in [-0.39, 0.29) is 4.90 Å². The second kappa shape index (κ2) is 5.99. The third-order valence-corrected chi connectivity index (χ3v) is 5.40. The third kappa shape index (κ3) is 3.60. The molecule has 21 heavy (non-hydrogen) atoms. The van der Waals surface area contributed by atoms with Crippen LogP contribution in [0.15, 0.2) is 41.3 Å². The van der Waals surface area contributed by atoms with Crippen molar-refractivity contribution in [2.24, 2.45) is 0 Å². The SMILES string of the molecule is Cc1cc(C(Cl)c2cccc(S(C)(=O)=O)c2)c(C)cc1Cl. The predicted octanol–water partition coefficient (Wildman–Crippen LogP) is 4.69. The molecule has 0 fully saturated rings. The minimum absolute atomic E-state index is 0.272. The van der Waals surface area contributed by atoms with Gasteiger partial charge in [0, 0.05) is 11.3 Å². The molecule has 0 N–H and O–H groups in total. The van der Waals surface area contributed by atoms with Gasteiger partial charge in [-0.2, -0.15) is 0 Å². The molecule has 5 heteroatoms. The highest BCUT2D eigenvalue weighted by Gasteiger charge is 2.17. The van der Waals surface area contributed by atoms with Crippen LogP contribution in [0.5, 0.6) is 0 Å². The van der Waals surface area contributed by atoms with Crippen molar-refractivity contribution < 1.29 is 8.42 Å². The molecule has 0 bridgehead atoms. The minimum atomic E-state index is -3.25. The van der Waals surface area contributed by atoms with E-state index in [1.54, 1.807) is 18.2 Å². The second-order valence-electron chi connectivity index (χ2n) is 5.17. The molecular formula is C16H16Cl2O2S. The van der Waals surface area contributed by atoms with Crippen molar-refractivity contribution in [2.45, 2.75) is 24.1 Å². The van der Waals surface area contributed by atoms with Gasteiger partial charge in [0.05, 0.1) is 10.3 Å². The van der Waals surface area contributed by atoms with Crippen LogP contribution in [-0.2, 0) is 9.84 Å². The maximum atomic E-state index is 11.6. The molecule has 0 heterocycles. The molecule has 2 aromatic carbocycles. The van der Waals surface area contributed by atoms with E-state index in [9.17, 15) is 8.42 Å². The Hall–Kier alpha value is -1.03. The van der Waals surface area contributed by atoms with Gasteiger partial charge < -0.3 is 0 Å². The van der Waals surface area contributed by atoms with Gasteiger partial charge in [0.2, 0.25) is 0 Å². The zero-order valence-corrected chi connectivity index (χ0v) is 14.4. The van der Waals surface area contributed by atoms with E-state index in [1.807, 2.05) is 32.0 Å². The fourth-order valence-corrected chi connectivity index (χ4v) is 3.42. The Bertz CT molecular complexity index is 783. The molecule has 2 aromatic rings. The maximum absolute atomic E-state index is 11.6. The van der Waals surface area contributed by atoms with E-state index in [0.29, 0.717) is 5.02 Å². The zero-order chi connectivity index (χ0) is 15.8. The molecule has 0 saturated heterocycles. The third-order valence-electron chi connectivity index (χ3n) is 3.40. The lowest BCUT2D eigenvalue weighted by Crippen LogP contribution is -2.01. The van der Waals surface area contributed by atoms with E-state index in [2.05, 4.69) is 0 Å². The van der Waals surface area contributed by atoms with Gasteiger partial charge in [0.1, 0.15) is 0 Å². The van der Waals surface area contributed by atoms with Gasteiger partial charge in [-0.25, -0.2) is 8.42 Å². The smallest absolute Gasteiger partial charge is 0.175 e. The number of aryl methyl sites for hydroxylation is 2. The zero-order valence-electron chi connectivity index (χ0n) is 12.0. The van der Waals surface area contributed by atoms with Crippen LogP contribution in [0.1, 0.15) is 27.6 Å². The number of halogens is 2. The standard InChI is InChI=1S/C16H16Cl2O2S/c1-10-8-15(17)11(2)7-14(10)16(18)12-5-4-6-13(9-12)21(3,19)20/h4-9,16H,1-3H3. The quantitative estimate of drug-likeness (QED) is 0.758. The molecule has 2 rings (SSSR count). The molecule has 0 radical (unpaired) electrons. The molecule has 1 unspecified atom stereocenters. The van der Waals surface area contributed by atoms with Gasteiger partial charge in [-0.05, 0) is 54.3 Å². The molecule has 2 nitrogen and oxygen atoms in total. The number of hydrogen-bond acceptors (Lipinski definition) is 2. The Labute approximate surface area is 135 Å². The molecule has 0 amide bonds. The van der Waals surface area contributed by atoms with Crippen LogP contribution >= 0.6 is 23.2 Å². The fraction of sp³-hybridized carbons (Fsp3) is 0.250. The number of hydrogen-bond donors (Lipinski definition) is 0. The van der Waals surface area contributed by atoms with Gasteiger partial charge in [0.25, 0.3) is 0 Å². The summed E-state index contributed by atoms with van der Waals surface area (Å²) in [6.07, 6.45) is 1.19. The van der Waals surface area contributed by atoms with Crippen LogP contribution in [0.2, 0.25) is 5.02 Å². The number of benzene rings is 2. The minimum Gasteiger partial charge on any atom is -0.224 e. The van der Waals surface area contributed by atoms with E-state index < -0.39 is 15.2 Å². The molecule has 0 spiro atoms. The Morgan fingerprint density at radius 1 is 1.05 bits per heavy atom. The van der Waals surface area contributed by atoms with Gasteiger partial charge in [-0.3, -0.25) is 0 Å². The normalized spacial score (nSPS) is 13.2. The van der Waals surface area contributed by atoms with Crippen LogP contribution < -0.4 is 0 Å². The van der Waals surface area contributed by atoms with Crippen LogP contribution in [0.25, 0.3) is 0 Å². The Balaban J connectivity index is 2.50. The summed E-state index contributed by atoms with van der Waals surface area (Å²) >= 11 is 12.6. The summed E-state index contributed by atoms with van der Waals surface area (Å²) in [6.45, 7) is 3.86. The summed E-state index contributed by atoms with van der Waals surface area (Å²) in [4.78, 5) is 0.272. The first-order chi connectivity index (χ1) is 9.70. The van der Waals surface area contributed by atoms with E-state index in [1.165, 1.54) is 6.26 Å². The molecule has 112 valence electrons. The lowest BCUT2D eigenvalue weighted by atomic mass is 9.98. The van der Waals surface area contributed by atoms with Crippen molar-refractivity contribution in [1.29, 1.82) is 0 Å². The predicted molar refractivity (Wildman–Crippen MR) is 88.2 cm³/mol. The summed E-state index contributed by atoms with van der Waals surface area (Å²) in [6, 6.07) is 10.6. The van der Waals surface area contributed by atoms with Gasteiger partial charge in [0.15, 0.2) is 9.84 Å². The molecule has 1 atom stereocenters. The summed E-state index contributed by atoms with van der Waals surface area (Å²) in [7, 11) is -3.25. The fourth-order valence-electron chi connectivity index (χ4n) is 2.16. The van der Waals surface area contributed by atoms with Crippen molar-refractivity contribution in [3.63, 3.8) is 0 Å². The van der Waals surface area contributed by atoms with E-state index in [0.717, 1.165) is 22.3 Å². The summed E-state index contributed by atoms with van der Waals surface area (Å²) in [5.41, 5.74) is 3.62. The monoisotopic (exact) mass is 342 g/mol. The highest BCUT2D eigenvalue weighted by atomic mass is 35.5. The highest BCUT2D eigenvalue weighted by molar-refractivity contribution is 7.90. The lowest BCUT2D eigenvalue weighted by molar-refractivity contribution is 0.601. The van der Waals surface area contributed by atoms with Crippen LogP contribution in [0, 0.1) is 13.8 Å². The summed E-state index contributed by atoms with van der Waals surface area (Å²) < 4.78 is 23.3. The van der Waals surface area contributed by atoms with Gasteiger partial charge in [-0.1, -0.05) is 29.8 Å². The van der Waals surface area contributed by atoms with E-state index in [4.69, 9.17) is 23.2 Å². The maximum Gasteiger partial charge on any atom is 0.175 e. The highest BCUT2D eigenvalue weighted by Crippen LogP contribution is 2.34. The first-order valence-corrected chi connectivity index (χ1v) is 9.11. The van der Waals surface area contributed by atoms with E-state index >= 15 is 0 Å². The number of sulfone groups is 1. The summed E-state index contributed by atoms with van der Waals surface area (Å²) in [5.74, 6) is 0. The Kier molecular flexibility index (Phi) is 4.66. The van der Waals surface area contributed by atoms with Crippen LogP contribution in [0.3, 0.4) is 0 Å². The largest absolute Gasteiger partial charge is 0.224 e. The molecule has 0 aliphatic rings. The average molecular weight is 343 g/mol. The number of alkyl halides is 1. The van der Waals surface area contributed by atoms with Gasteiger partial charge in [-0.15, -0.1) is 11.6 Å². The first kappa shape index (κ1) is 16.3. The molecule has 0 aliphatic carbocycles. The van der Waals surface area contributed by atoms with Crippen molar-refractivity contribution in [3.05, 3.63) is 63.7 Å². The topological polar surface area (TPSA) is 34.1 Å². The molecule has 0 saturated carbocycles. The van der Waals surface area contributed by atoms with Crippen LogP contribution in [-0.4, -0.2) is 14.7 Å². The van der Waals surface area contributed by atoms with Crippen molar-refractivity contribution >= 4 is 33.0 Å².